The zero-order valence-corrected chi connectivity index (χ0v) is 6.08. The first kappa shape index (κ1) is 6.48. The van der Waals surface area contributed by atoms with E-state index in [1.54, 1.807) is 11.2 Å². The smallest absolute Gasteiger partial charge is 0.178 e. The van der Waals surface area contributed by atoms with Crippen LogP contribution in [0.25, 0.3) is 0 Å². The van der Waals surface area contributed by atoms with Crippen LogP contribution < -0.4 is 11.2 Å². The molecule has 0 aromatic rings. The van der Waals surface area contributed by atoms with Crippen LogP contribution in [0.3, 0.4) is 0 Å². The van der Waals surface area contributed by atoms with E-state index in [0.717, 1.165) is 18.1 Å². The van der Waals surface area contributed by atoms with Crippen LogP contribution in [0, 0.1) is 0 Å². The van der Waals surface area contributed by atoms with Gasteiger partial charge in [-0.25, -0.2) is 5.84 Å². The Kier molecular flexibility index (Phi) is 1.43. The van der Waals surface area contributed by atoms with E-state index in [2.05, 4.69) is 10.3 Å². The van der Waals surface area contributed by atoms with E-state index in [4.69, 9.17) is 10.6 Å². The van der Waals surface area contributed by atoms with Crippen LogP contribution in [0.15, 0.2) is 16.6 Å². The number of rotatable bonds is 0. The Bertz CT molecular complexity index is 223. The van der Waals surface area contributed by atoms with Gasteiger partial charge in [-0.1, -0.05) is 0 Å². The minimum atomic E-state index is 0.579. The molecule has 2 aliphatic rings. The topological polar surface area (TPSA) is 62.9 Å². The van der Waals surface area contributed by atoms with Gasteiger partial charge in [0.05, 0.1) is 12.8 Å². The number of aliphatic imine (C=N–C) groups is 1. The predicted molar refractivity (Wildman–Crippen MR) is 40.4 cm³/mol. The lowest BCUT2D eigenvalue weighted by Gasteiger charge is -2.30. The summed E-state index contributed by atoms with van der Waals surface area (Å²) < 4.78 is 5.30. The van der Waals surface area contributed by atoms with Crippen molar-refractivity contribution in [3.05, 3.63) is 11.6 Å². The number of hydrogen-bond donors (Lipinski definition) is 2. The number of hydrogen-bond acceptors (Lipinski definition) is 5. The van der Waals surface area contributed by atoms with Crippen molar-refractivity contribution in [2.45, 2.75) is 0 Å². The van der Waals surface area contributed by atoms with Gasteiger partial charge >= 0.3 is 0 Å². The first-order valence-corrected chi connectivity index (χ1v) is 3.51. The summed E-state index contributed by atoms with van der Waals surface area (Å²) in [6, 6.07) is 0. The molecule has 2 aliphatic heterocycles. The molecule has 2 rings (SSSR count). The van der Waals surface area contributed by atoms with E-state index in [0.29, 0.717) is 13.3 Å². The second-order valence-corrected chi connectivity index (χ2v) is 2.40. The number of nitrogens with one attached hydrogen (secondary N) is 1. The first-order chi connectivity index (χ1) is 5.38. The number of nitrogens with two attached hydrogens (primary N) is 1. The van der Waals surface area contributed by atoms with Gasteiger partial charge < -0.3 is 10.1 Å². The Morgan fingerprint density at radius 1 is 1.73 bits per heavy atom. The highest BCUT2D eigenvalue weighted by molar-refractivity contribution is 5.77. The molecule has 0 saturated carbocycles. The summed E-state index contributed by atoms with van der Waals surface area (Å²) in [5.41, 5.74) is 0. The minimum absolute atomic E-state index is 0.579. The summed E-state index contributed by atoms with van der Waals surface area (Å²) in [4.78, 5) is 3.99. The van der Waals surface area contributed by atoms with Crippen LogP contribution in [0.2, 0.25) is 0 Å². The van der Waals surface area contributed by atoms with Crippen LogP contribution in [-0.2, 0) is 4.74 Å². The third-order valence-corrected chi connectivity index (χ3v) is 1.66. The van der Waals surface area contributed by atoms with Crippen molar-refractivity contribution < 1.29 is 4.74 Å². The highest BCUT2D eigenvalue weighted by Gasteiger charge is 2.19. The van der Waals surface area contributed by atoms with Gasteiger partial charge in [0.2, 0.25) is 0 Å². The molecular weight excluding hydrogens is 144 g/mol. The average molecular weight is 154 g/mol. The molecule has 0 bridgehead atoms. The van der Waals surface area contributed by atoms with Crippen LogP contribution in [0.4, 0.5) is 0 Å². The number of hydrazine groups is 1. The summed E-state index contributed by atoms with van der Waals surface area (Å²) in [5, 5.41) is 4.67. The second kappa shape index (κ2) is 2.43. The Morgan fingerprint density at radius 2 is 2.64 bits per heavy atom. The maximum Gasteiger partial charge on any atom is 0.178 e. The lowest BCUT2D eigenvalue weighted by Crippen LogP contribution is -2.45. The lowest BCUT2D eigenvalue weighted by atomic mass is 10.4. The summed E-state index contributed by atoms with van der Waals surface area (Å²) in [6.45, 7) is 1.93. The highest BCUT2D eigenvalue weighted by atomic mass is 16.5. The Hall–Kier alpha value is -1.23. The Morgan fingerprint density at radius 3 is 3.45 bits per heavy atom. The molecule has 0 aliphatic carbocycles. The van der Waals surface area contributed by atoms with E-state index in [-0.39, 0.29) is 0 Å². The zero-order chi connectivity index (χ0) is 7.68. The molecule has 11 heavy (non-hydrogen) atoms. The van der Waals surface area contributed by atoms with Crippen LogP contribution in [-0.4, -0.2) is 31.0 Å². The van der Waals surface area contributed by atoms with Crippen molar-refractivity contribution in [2.24, 2.45) is 10.8 Å². The van der Waals surface area contributed by atoms with E-state index in [1.807, 2.05) is 0 Å². The van der Waals surface area contributed by atoms with Crippen molar-refractivity contribution in [2.75, 3.05) is 19.8 Å². The quantitative estimate of drug-likeness (QED) is 0.439. The van der Waals surface area contributed by atoms with E-state index in [1.165, 1.54) is 0 Å². The summed E-state index contributed by atoms with van der Waals surface area (Å²) in [5.74, 6) is 7.24. The van der Waals surface area contributed by atoms with Gasteiger partial charge in [0.1, 0.15) is 13.3 Å². The van der Waals surface area contributed by atoms with E-state index in [9.17, 15) is 0 Å². The van der Waals surface area contributed by atoms with Gasteiger partial charge in [0.15, 0.2) is 11.6 Å². The summed E-state index contributed by atoms with van der Waals surface area (Å²) in [7, 11) is 0. The molecule has 0 aromatic carbocycles. The predicted octanol–water partition coefficient (Wildman–Crippen LogP) is -1.01. The number of nitrogens with zero attached hydrogens (tertiary/aromatic N) is 2. The van der Waals surface area contributed by atoms with Crippen LogP contribution >= 0.6 is 0 Å². The van der Waals surface area contributed by atoms with E-state index < -0.39 is 0 Å². The molecule has 0 atom stereocenters. The van der Waals surface area contributed by atoms with Crippen molar-refractivity contribution >= 4 is 6.21 Å². The van der Waals surface area contributed by atoms with E-state index >= 15 is 0 Å². The molecule has 0 radical (unpaired) electrons. The normalized spacial score (nSPS) is 22.5. The molecule has 5 heteroatoms. The first-order valence-electron chi connectivity index (χ1n) is 3.51. The highest BCUT2D eigenvalue weighted by Crippen LogP contribution is 2.11. The Labute approximate surface area is 64.5 Å². The lowest BCUT2D eigenvalue weighted by molar-refractivity contribution is 0.134. The molecule has 5 nitrogen and oxygen atoms in total. The fourth-order valence-corrected chi connectivity index (χ4v) is 1.11. The maximum atomic E-state index is 5.66. The molecule has 3 N–H and O–H groups in total. The molecule has 0 saturated heterocycles. The third kappa shape index (κ3) is 1.03. The third-order valence-electron chi connectivity index (χ3n) is 1.66. The van der Waals surface area contributed by atoms with Crippen molar-refractivity contribution in [1.29, 1.82) is 0 Å². The SMILES string of the molecule is NN1CCOC2=C1NCN=C2. The van der Waals surface area contributed by atoms with Crippen molar-refractivity contribution in [1.82, 2.24) is 10.3 Å². The summed E-state index contributed by atoms with van der Waals surface area (Å²) in [6.07, 6.45) is 1.70. The maximum absolute atomic E-state index is 5.66. The molecule has 0 fully saturated rings. The van der Waals surface area contributed by atoms with Gasteiger partial charge in [-0.15, -0.1) is 0 Å². The van der Waals surface area contributed by atoms with Gasteiger partial charge in [-0.05, 0) is 0 Å². The molecule has 0 spiro atoms. The fraction of sp³-hybridized carbons (Fsp3) is 0.500. The fourth-order valence-electron chi connectivity index (χ4n) is 1.11. The summed E-state index contributed by atoms with van der Waals surface area (Å²) >= 11 is 0. The molecule has 0 unspecified atom stereocenters. The monoisotopic (exact) mass is 154 g/mol. The van der Waals surface area contributed by atoms with Gasteiger partial charge in [0.25, 0.3) is 0 Å². The average Bonchev–Trinajstić information content (AvgIpc) is 2.06. The van der Waals surface area contributed by atoms with Crippen molar-refractivity contribution in [3.8, 4) is 0 Å². The van der Waals surface area contributed by atoms with Crippen LogP contribution in [0.5, 0.6) is 0 Å². The van der Waals surface area contributed by atoms with Gasteiger partial charge in [-0.2, -0.15) is 0 Å². The van der Waals surface area contributed by atoms with Gasteiger partial charge in [-0.3, -0.25) is 10.0 Å². The standard InChI is InChI=1S/C6H10N4O/c7-10-1-2-11-5-3-8-4-9-6(5)10/h3,9H,1-2,4,7H2. The zero-order valence-electron chi connectivity index (χ0n) is 6.08. The molecule has 60 valence electrons. The molecule has 2 heterocycles. The molecule has 0 amide bonds. The molecular formula is C6H10N4O. The molecule has 0 aromatic heterocycles. The van der Waals surface area contributed by atoms with Gasteiger partial charge in [0, 0.05) is 0 Å². The Balaban J connectivity index is 2.28. The second-order valence-electron chi connectivity index (χ2n) is 2.40. The van der Waals surface area contributed by atoms with Crippen molar-refractivity contribution in [3.63, 3.8) is 0 Å². The largest absolute Gasteiger partial charge is 0.486 e. The number of allylic oxidation sites excluding steroid dienone is 1. The van der Waals surface area contributed by atoms with Crippen LogP contribution in [0.1, 0.15) is 0 Å². The minimum Gasteiger partial charge on any atom is -0.486 e. The number of ether oxygens (including phenoxy) is 1.